The lowest BCUT2D eigenvalue weighted by Crippen LogP contribution is -2.22. The molecule has 4 nitrogen and oxygen atoms in total. The number of carboxylic acids is 1. The van der Waals surface area contributed by atoms with E-state index < -0.39 is 5.97 Å². The Morgan fingerprint density at radius 2 is 1.63 bits per heavy atom. The number of carbonyl (C=O) groups is 1. The maximum Gasteiger partial charge on any atom is 0.161 e. The maximum atomic E-state index is 10.9. The highest BCUT2D eigenvalue weighted by Crippen LogP contribution is 2.32. The van der Waals surface area contributed by atoms with Gasteiger partial charge in [-0.15, -0.1) is 0 Å². The molecule has 0 amide bonds. The number of aromatic carboxylic acids is 1. The van der Waals surface area contributed by atoms with Gasteiger partial charge in [-0.1, -0.05) is 24.3 Å². The van der Waals surface area contributed by atoms with Gasteiger partial charge in [0.05, 0.1) is 20.2 Å². The van der Waals surface area contributed by atoms with E-state index in [9.17, 15) is 9.90 Å². The van der Waals surface area contributed by atoms with E-state index in [-0.39, 0.29) is 5.56 Å². The Morgan fingerprint density at radius 3 is 2.26 bits per heavy atom. The van der Waals surface area contributed by atoms with Crippen LogP contribution in [0.1, 0.15) is 10.4 Å². The largest absolute Gasteiger partial charge is 0.545 e. The molecule has 0 aliphatic rings. The van der Waals surface area contributed by atoms with Crippen molar-refractivity contribution in [2.75, 3.05) is 14.2 Å². The van der Waals surface area contributed by atoms with Crippen molar-refractivity contribution in [2.24, 2.45) is 0 Å². The molecule has 0 aliphatic heterocycles. The number of hydrogen-bond donors (Lipinski definition) is 0. The van der Waals surface area contributed by atoms with E-state index in [4.69, 9.17) is 9.47 Å². The van der Waals surface area contributed by atoms with Gasteiger partial charge in [0.15, 0.2) is 11.5 Å². The molecule has 0 fully saturated rings. The zero-order chi connectivity index (χ0) is 13.8. The van der Waals surface area contributed by atoms with E-state index >= 15 is 0 Å². The maximum absolute atomic E-state index is 10.9. The molecule has 2 aromatic carbocycles. The predicted molar refractivity (Wildman–Crippen MR) is 69.3 cm³/mol. The molecule has 0 N–H and O–H groups in total. The van der Waals surface area contributed by atoms with E-state index in [0.717, 1.165) is 11.1 Å². The fraction of sp³-hybridized carbons (Fsp3) is 0.133. The summed E-state index contributed by atoms with van der Waals surface area (Å²) in [5.74, 6) is 0.0310. The summed E-state index contributed by atoms with van der Waals surface area (Å²) < 4.78 is 10.4. The van der Waals surface area contributed by atoms with E-state index in [1.807, 2.05) is 12.1 Å². The van der Waals surface area contributed by atoms with Gasteiger partial charge in [-0.3, -0.25) is 0 Å². The van der Waals surface area contributed by atoms with Crippen LogP contribution in [0, 0.1) is 0 Å². The lowest BCUT2D eigenvalue weighted by molar-refractivity contribution is -0.255. The summed E-state index contributed by atoms with van der Waals surface area (Å²) in [6.45, 7) is 0. The summed E-state index contributed by atoms with van der Waals surface area (Å²) in [5.41, 5.74) is 1.77. The Hall–Kier alpha value is -2.49. The number of carbonyl (C=O) groups excluding carboxylic acids is 1. The zero-order valence-corrected chi connectivity index (χ0v) is 10.7. The van der Waals surface area contributed by atoms with Crippen molar-refractivity contribution in [1.29, 1.82) is 0 Å². The van der Waals surface area contributed by atoms with Gasteiger partial charge in [0.1, 0.15) is 0 Å². The molecule has 4 heteroatoms. The highest BCUT2D eigenvalue weighted by molar-refractivity contribution is 5.87. The molecule has 0 unspecified atom stereocenters. The fourth-order valence-electron chi connectivity index (χ4n) is 1.84. The Kier molecular flexibility index (Phi) is 3.71. The molecule has 0 bridgehead atoms. The molecule has 0 atom stereocenters. The summed E-state index contributed by atoms with van der Waals surface area (Å²) in [6, 6.07) is 12.0. The van der Waals surface area contributed by atoms with Gasteiger partial charge in [-0.05, 0) is 34.9 Å². The number of carboxylic acid groups (broad SMARTS) is 1. The van der Waals surface area contributed by atoms with E-state index in [1.54, 1.807) is 38.5 Å². The zero-order valence-electron chi connectivity index (χ0n) is 10.7. The molecule has 2 rings (SSSR count). The molecular formula is C15H13O4-. The van der Waals surface area contributed by atoms with Crippen molar-refractivity contribution in [2.45, 2.75) is 0 Å². The highest BCUT2D eigenvalue weighted by atomic mass is 16.5. The summed E-state index contributed by atoms with van der Waals surface area (Å²) in [7, 11) is 3.12. The monoisotopic (exact) mass is 257 g/mol. The average molecular weight is 257 g/mol. The first-order valence-corrected chi connectivity index (χ1v) is 5.69. The van der Waals surface area contributed by atoms with Crippen molar-refractivity contribution in [3.63, 3.8) is 0 Å². The summed E-state index contributed by atoms with van der Waals surface area (Å²) in [6.07, 6.45) is 0. The van der Waals surface area contributed by atoms with Crippen LogP contribution in [-0.2, 0) is 0 Å². The van der Waals surface area contributed by atoms with Crippen molar-refractivity contribution < 1.29 is 19.4 Å². The topological polar surface area (TPSA) is 58.6 Å². The first kappa shape index (κ1) is 13.0. The number of ether oxygens (including phenoxy) is 2. The molecule has 0 saturated heterocycles. The third-order valence-electron chi connectivity index (χ3n) is 2.82. The van der Waals surface area contributed by atoms with Gasteiger partial charge in [0.2, 0.25) is 0 Å². The van der Waals surface area contributed by atoms with Crippen LogP contribution in [0.5, 0.6) is 11.5 Å². The van der Waals surface area contributed by atoms with E-state index in [1.165, 1.54) is 6.07 Å². The first-order valence-electron chi connectivity index (χ1n) is 5.69. The quantitative estimate of drug-likeness (QED) is 0.837. The predicted octanol–water partition coefficient (Wildman–Crippen LogP) is 1.73. The lowest BCUT2D eigenvalue weighted by atomic mass is 10.0. The van der Waals surface area contributed by atoms with Gasteiger partial charge in [0, 0.05) is 0 Å². The summed E-state index contributed by atoms with van der Waals surface area (Å²) in [4.78, 5) is 10.9. The van der Waals surface area contributed by atoms with Gasteiger partial charge in [-0.2, -0.15) is 0 Å². The minimum Gasteiger partial charge on any atom is -0.545 e. The number of hydrogen-bond acceptors (Lipinski definition) is 4. The first-order chi connectivity index (χ1) is 9.15. The second kappa shape index (κ2) is 5.44. The van der Waals surface area contributed by atoms with Crippen molar-refractivity contribution >= 4 is 5.97 Å². The van der Waals surface area contributed by atoms with Crippen LogP contribution in [0.3, 0.4) is 0 Å². The molecule has 0 saturated carbocycles. The minimum absolute atomic E-state index is 0.146. The van der Waals surface area contributed by atoms with Crippen LogP contribution in [0.25, 0.3) is 11.1 Å². The van der Waals surface area contributed by atoms with Crippen LogP contribution in [0.4, 0.5) is 0 Å². The van der Waals surface area contributed by atoms with Crippen LogP contribution >= 0.6 is 0 Å². The molecule has 0 aromatic heterocycles. The van der Waals surface area contributed by atoms with Crippen LogP contribution in [0.2, 0.25) is 0 Å². The third-order valence-corrected chi connectivity index (χ3v) is 2.82. The number of rotatable bonds is 4. The molecule has 0 spiro atoms. The summed E-state index contributed by atoms with van der Waals surface area (Å²) in [5, 5.41) is 10.9. The summed E-state index contributed by atoms with van der Waals surface area (Å²) >= 11 is 0. The standard InChI is InChI=1S/C15H14O4/c1-18-13-7-6-11(9-14(13)19-2)10-4-3-5-12(8-10)15(16)17/h3-9H,1-2H3,(H,16,17)/p-1. The Bertz CT molecular complexity index is 605. The normalized spacial score (nSPS) is 10.0. The van der Waals surface area contributed by atoms with Gasteiger partial charge >= 0.3 is 0 Å². The second-order valence-electron chi connectivity index (χ2n) is 3.94. The average Bonchev–Trinajstić information content (AvgIpc) is 2.46. The van der Waals surface area contributed by atoms with Crippen molar-refractivity contribution in [3.8, 4) is 22.6 Å². The molecule has 0 radical (unpaired) electrons. The Morgan fingerprint density at radius 1 is 0.947 bits per heavy atom. The highest BCUT2D eigenvalue weighted by Gasteiger charge is 2.06. The minimum atomic E-state index is -1.19. The van der Waals surface area contributed by atoms with Crippen molar-refractivity contribution in [1.82, 2.24) is 0 Å². The molecule has 0 aliphatic carbocycles. The lowest BCUT2D eigenvalue weighted by Gasteiger charge is -2.10. The Labute approximate surface area is 111 Å². The second-order valence-corrected chi connectivity index (χ2v) is 3.94. The fourth-order valence-corrected chi connectivity index (χ4v) is 1.84. The third kappa shape index (κ3) is 2.68. The van der Waals surface area contributed by atoms with E-state index in [2.05, 4.69) is 0 Å². The molecule has 2 aromatic rings. The van der Waals surface area contributed by atoms with Gasteiger partial charge < -0.3 is 19.4 Å². The smallest absolute Gasteiger partial charge is 0.161 e. The molecular weight excluding hydrogens is 244 g/mol. The molecule has 0 heterocycles. The van der Waals surface area contributed by atoms with Crippen LogP contribution < -0.4 is 14.6 Å². The van der Waals surface area contributed by atoms with Gasteiger partial charge in [-0.25, -0.2) is 0 Å². The molecule has 19 heavy (non-hydrogen) atoms. The number of benzene rings is 2. The van der Waals surface area contributed by atoms with E-state index in [0.29, 0.717) is 11.5 Å². The molecule has 98 valence electrons. The number of methoxy groups -OCH3 is 2. The Balaban J connectivity index is 2.47. The van der Waals surface area contributed by atoms with Crippen molar-refractivity contribution in [3.05, 3.63) is 48.0 Å². The van der Waals surface area contributed by atoms with Crippen LogP contribution in [0.15, 0.2) is 42.5 Å². The van der Waals surface area contributed by atoms with Crippen LogP contribution in [-0.4, -0.2) is 20.2 Å². The SMILES string of the molecule is COc1ccc(-c2cccc(C(=O)[O-])c2)cc1OC. The van der Waals surface area contributed by atoms with Gasteiger partial charge in [0.25, 0.3) is 0 Å².